The maximum atomic E-state index is 12.3. The molecule has 0 saturated heterocycles. The van der Waals surface area contributed by atoms with Crippen molar-refractivity contribution in [1.82, 2.24) is 14.7 Å². The van der Waals surface area contributed by atoms with Gasteiger partial charge in [-0.1, -0.05) is 29.8 Å². The zero-order valence-electron chi connectivity index (χ0n) is 13.9. The molecule has 0 spiro atoms. The Morgan fingerprint density at radius 3 is 2.67 bits per heavy atom. The predicted octanol–water partition coefficient (Wildman–Crippen LogP) is 2.10. The van der Waals surface area contributed by atoms with Crippen LogP contribution < -0.4 is 16.2 Å². The van der Waals surface area contributed by atoms with Crippen LogP contribution in [0.5, 0.6) is 0 Å². The number of pyridine rings is 1. The molecular formula is C17H14ClN5O4. The lowest BCUT2D eigenvalue weighted by atomic mass is 10.2. The number of hydrogen-bond acceptors (Lipinski definition) is 6. The monoisotopic (exact) mass is 387 g/mol. The lowest BCUT2D eigenvalue weighted by molar-refractivity contribution is -0.385. The third kappa shape index (κ3) is 3.87. The molecule has 0 fully saturated rings. The van der Waals surface area contributed by atoms with Gasteiger partial charge in [0, 0.05) is 19.3 Å². The second-order valence-electron chi connectivity index (χ2n) is 5.46. The Balaban J connectivity index is 1.73. The Labute approximate surface area is 157 Å². The molecule has 0 unspecified atom stereocenters. The first-order valence-corrected chi connectivity index (χ1v) is 8.29. The standard InChI is InChI=1S/C17H14ClN5O4/c18-12-6-2-1-5-11(12)16(24)20-9-8-19-15-14(23(26)27)17(25)22-10-4-3-7-13(22)21-15/h1-7,10,19H,8-9H2,(H,20,24). The number of benzene rings is 1. The molecule has 1 aromatic carbocycles. The number of nitro groups is 1. The second kappa shape index (κ2) is 7.83. The second-order valence-corrected chi connectivity index (χ2v) is 5.87. The van der Waals surface area contributed by atoms with Crippen molar-refractivity contribution in [3.63, 3.8) is 0 Å². The molecule has 0 saturated carbocycles. The van der Waals surface area contributed by atoms with Crippen LogP contribution in [0.3, 0.4) is 0 Å². The minimum atomic E-state index is -0.784. The minimum Gasteiger partial charge on any atom is -0.362 e. The van der Waals surface area contributed by atoms with Crippen molar-refractivity contribution in [2.24, 2.45) is 0 Å². The summed E-state index contributed by atoms with van der Waals surface area (Å²) in [6, 6.07) is 11.4. The largest absolute Gasteiger partial charge is 0.376 e. The van der Waals surface area contributed by atoms with Crippen LogP contribution in [0.4, 0.5) is 11.5 Å². The van der Waals surface area contributed by atoms with Gasteiger partial charge in [-0.2, -0.15) is 0 Å². The Morgan fingerprint density at radius 2 is 1.93 bits per heavy atom. The van der Waals surface area contributed by atoms with E-state index in [4.69, 9.17) is 11.6 Å². The molecule has 10 heteroatoms. The summed E-state index contributed by atoms with van der Waals surface area (Å²) < 4.78 is 1.10. The third-order valence-corrected chi connectivity index (χ3v) is 4.04. The van der Waals surface area contributed by atoms with Crippen LogP contribution in [-0.2, 0) is 0 Å². The number of halogens is 1. The Bertz CT molecular complexity index is 1080. The molecule has 3 rings (SSSR count). The SMILES string of the molecule is O=C(NCCNc1nc2ccccn2c(=O)c1[N+](=O)[O-])c1ccccc1Cl. The first-order valence-electron chi connectivity index (χ1n) is 7.91. The average Bonchev–Trinajstić information content (AvgIpc) is 2.65. The summed E-state index contributed by atoms with van der Waals surface area (Å²) in [5.74, 6) is -0.522. The quantitative estimate of drug-likeness (QED) is 0.380. The zero-order valence-corrected chi connectivity index (χ0v) is 14.6. The molecule has 2 N–H and O–H groups in total. The number of carbonyl (C=O) groups is 1. The fraction of sp³-hybridized carbons (Fsp3) is 0.118. The van der Waals surface area contributed by atoms with Crippen molar-refractivity contribution < 1.29 is 9.72 Å². The summed E-state index contributed by atoms with van der Waals surface area (Å²) in [7, 11) is 0. The predicted molar refractivity (Wildman–Crippen MR) is 100 cm³/mol. The Kier molecular flexibility index (Phi) is 5.32. The van der Waals surface area contributed by atoms with Gasteiger partial charge in [-0.25, -0.2) is 4.98 Å². The van der Waals surface area contributed by atoms with Gasteiger partial charge in [0.05, 0.1) is 15.5 Å². The summed E-state index contributed by atoms with van der Waals surface area (Å²) in [5, 5.41) is 17.0. The minimum absolute atomic E-state index is 0.131. The van der Waals surface area contributed by atoms with Gasteiger partial charge >= 0.3 is 11.2 Å². The lowest BCUT2D eigenvalue weighted by Gasteiger charge is -2.09. The van der Waals surface area contributed by atoms with Gasteiger partial charge in [0.25, 0.3) is 5.91 Å². The topological polar surface area (TPSA) is 119 Å². The van der Waals surface area contributed by atoms with E-state index in [1.54, 1.807) is 42.5 Å². The lowest BCUT2D eigenvalue weighted by Crippen LogP contribution is -2.30. The van der Waals surface area contributed by atoms with Crippen LogP contribution in [0.2, 0.25) is 5.02 Å². The number of anilines is 1. The highest BCUT2D eigenvalue weighted by Gasteiger charge is 2.23. The number of nitrogens with one attached hydrogen (secondary N) is 2. The van der Waals surface area contributed by atoms with E-state index < -0.39 is 16.2 Å². The van der Waals surface area contributed by atoms with E-state index in [0.29, 0.717) is 10.6 Å². The molecule has 0 aliphatic rings. The van der Waals surface area contributed by atoms with E-state index in [0.717, 1.165) is 4.40 Å². The van der Waals surface area contributed by atoms with Gasteiger partial charge in [0.2, 0.25) is 5.82 Å². The maximum absolute atomic E-state index is 12.3. The van der Waals surface area contributed by atoms with E-state index >= 15 is 0 Å². The van der Waals surface area contributed by atoms with Crippen molar-refractivity contribution in [1.29, 1.82) is 0 Å². The number of aromatic nitrogens is 2. The van der Waals surface area contributed by atoms with Crippen molar-refractivity contribution in [3.8, 4) is 0 Å². The number of amides is 1. The molecule has 1 amide bonds. The number of nitrogens with zero attached hydrogens (tertiary/aromatic N) is 3. The molecule has 0 bridgehead atoms. The highest BCUT2D eigenvalue weighted by Crippen LogP contribution is 2.18. The summed E-state index contributed by atoms with van der Waals surface area (Å²) >= 11 is 5.96. The van der Waals surface area contributed by atoms with Crippen LogP contribution in [0.25, 0.3) is 5.65 Å². The van der Waals surface area contributed by atoms with Crippen LogP contribution in [0, 0.1) is 10.1 Å². The third-order valence-electron chi connectivity index (χ3n) is 3.71. The molecule has 138 valence electrons. The van der Waals surface area contributed by atoms with Gasteiger partial charge in [0.15, 0.2) is 0 Å². The summed E-state index contributed by atoms with van der Waals surface area (Å²) in [5.41, 5.74) is -0.841. The number of carbonyl (C=O) groups excluding carboxylic acids is 1. The van der Waals surface area contributed by atoms with Crippen molar-refractivity contribution in [2.75, 3.05) is 18.4 Å². The fourth-order valence-electron chi connectivity index (χ4n) is 2.47. The molecule has 27 heavy (non-hydrogen) atoms. The van der Waals surface area contributed by atoms with Crippen LogP contribution in [0.1, 0.15) is 10.4 Å². The maximum Gasteiger partial charge on any atom is 0.376 e. The molecule has 0 radical (unpaired) electrons. The Morgan fingerprint density at radius 1 is 1.19 bits per heavy atom. The average molecular weight is 388 g/mol. The molecule has 3 aromatic rings. The molecule has 2 heterocycles. The first kappa shape index (κ1) is 18.3. The smallest absolute Gasteiger partial charge is 0.362 e. The van der Waals surface area contributed by atoms with Gasteiger partial charge in [-0.3, -0.25) is 24.1 Å². The molecule has 0 aliphatic heterocycles. The van der Waals surface area contributed by atoms with Crippen LogP contribution >= 0.6 is 11.6 Å². The van der Waals surface area contributed by atoms with E-state index in [-0.39, 0.29) is 30.5 Å². The highest BCUT2D eigenvalue weighted by atomic mass is 35.5. The Hall–Kier alpha value is -3.46. The van der Waals surface area contributed by atoms with Crippen molar-refractivity contribution in [2.45, 2.75) is 0 Å². The van der Waals surface area contributed by atoms with E-state index in [1.165, 1.54) is 6.20 Å². The van der Waals surface area contributed by atoms with E-state index in [1.807, 2.05) is 0 Å². The van der Waals surface area contributed by atoms with Gasteiger partial charge in [-0.15, -0.1) is 0 Å². The van der Waals surface area contributed by atoms with Gasteiger partial charge < -0.3 is 10.6 Å². The number of fused-ring (bicyclic) bond motifs is 1. The van der Waals surface area contributed by atoms with E-state index in [2.05, 4.69) is 15.6 Å². The number of rotatable bonds is 6. The van der Waals surface area contributed by atoms with Crippen LogP contribution in [-0.4, -0.2) is 33.3 Å². The van der Waals surface area contributed by atoms with Crippen molar-refractivity contribution >= 4 is 34.7 Å². The van der Waals surface area contributed by atoms with Gasteiger partial charge in [-0.05, 0) is 24.3 Å². The summed E-state index contributed by atoms with van der Waals surface area (Å²) in [6.45, 7) is 0.281. The molecule has 9 nitrogen and oxygen atoms in total. The fourth-order valence-corrected chi connectivity index (χ4v) is 2.69. The molecule has 2 aromatic heterocycles. The molecule has 0 atom stereocenters. The summed E-state index contributed by atoms with van der Waals surface area (Å²) in [4.78, 5) is 39.0. The number of hydrogen-bond donors (Lipinski definition) is 2. The first-order chi connectivity index (χ1) is 13.0. The molecule has 0 aliphatic carbocycles. The van der Waals surface area contributed by atoms with Crippen LogP contribution in [0.15, 0.2) is 53.5 Å². The molecular weight excluding hydrogens is 374 g/mol. The normalized spacial score (nSPS) is 10.6. The van der Waals surface area contributed by atoms with Crippen molar-refractivity contribution in [3.05, 3.63) is 79.7 Å². The zero-order chi connectivity index (χ0) is 19.4. The highest BCUT2D eigenvalue weighted by molar-refractivity contribution is 6.33. The summed E-state index contributed by atoms with van der Waals surface area (Å²) in [6.07, 6.45) is 1.41. The van der Waals surface area contributed by atoms with Gasteiger partial charge in [0.1, 0.15) is 5.65 Å². The van der Waals surface area contributed by atoms with E-state index in [9.17, 15) is 19.7 Å².